The molecule has 3 aromatic carbocycles. The maximum atomic E-state index is 6.50. The highest BCUT2D eigenvalue weighted by Crippen LogP contribution is 2.45. The van der Waals surface area contributed by atoms with E-state index in [1.54, 1.807) is 0 Å². The van der Waals surface area contributed by atoms with E-state index in [0.717, 1.165) is 22.4 Å². The first-order chi connectivity index (χ1) is 14.2. The molecular formula is C27H23NO. The lowest BCUT2D eigenvalue weighted by Crippen LogP contribution is -2.10. The van der Waals surface area contributed by atoms with Gasteiger partial charge in [0, 0.05) is 33.5 Å². The number of hydrogen-bond donors (Lipinski definition) is 0. The average Bonchev–Trinajstić information content (AvgIpc) is 3.12. The lowest BCUT2D eigenvalue weighted by atomic mass is 9.77. The summed E-state index contributed by atoms with van der Waals surface area (Å²) < 4.78 is 6.50. The van der Waals surface area contributed by atoms with Crippen molar-refractivity contribution in [3.05, 3.63) is 78.0 Å². The van der Waals surface area contributed by atoms with Gasteiger partial charge in [0.05, 0.1) is 5.69 Å². The van der Waals surface area contributed by atoms with Crippen LogP contribution in [0, 0.1) is 0 Å². The summed E-state index contributed by atoms with van der Waals surface area (Å²) >= 11 is 0. The minimum absolute atomic E-state index is 0.543. The van der Waals surface area contributed by atoms with Crippen molar-refractivity contribution >= 4 is 32.7 Å². The van der Waals surface area contributed by atoms with Crippen LogP contribution < -0.4 is 0 Å². The Morgan fingerprint density at radius 3 is 2.52 bits per heavy atom. The van der Waals surface area contributed by atoms with E-state index in [4.69, 9.17) is 9.40 Å². The van der Waals surface area contributed by atoms with E-state index in [2.05, 4.69) is 68.4 Å². The Morgan fingerprint density at radius 2 is 1.66 bits per heavy atom. The van der Waals surface area contributed by atoms with E-state index in [-0.39, 0.29) is 0 Å². The zero-order chi connectivity index (χ0) is 19.5. The van der Waals surface area contributed by atoms with Gasteiger partial charge in [-0.1, -0.05) is 56.3 Å². The molecule has 2 heteroatoms. The Bertz CT molecular complexity index is 1380. The summed E-state index contributed by atoms with van der Waals surface area (Å²) in [4.78, 5) is 4.71. The highest BCUT2D eigenvalue weighted by atomic mass is 16.3. The molecule has 2 heterocycles. The largest absolute Gasteiger partial charge is 0.456 e. The zero-order valence-electron chi connectivity index (χ0n) is 16.8. The maximum Gasteiger partial charge on any atom is 0.139 e. The van der Waals surface area contributed by atoms with Crippen LogP contribution in [0.2, 0.25) is 0 Å². The molecule has 0 fully saturated rings. The first-order valence-electron chi connectivity index (χ1n) is 10.5. The van der Waals surface area contributed by atoms with Gasteiger partial charge in [0.1, 0.15) is 11.2 Å². The third kappa shape index (κ3) is 2.45. The van der Waals surface area contributed by atoms with E-state index in [0.29, 0.717) is 11.8 Å². The molecule has 2 aromatic heterocycles. The van der Waals surface area contributed by atoms with Crippen molar-refractivity contribution < 1.29 is 4.42 Å². The van der Waals surface area contributed by atoms with Crippen LogP contribution in [0.1, 0.15) is 49.7 Å². The van der Waals surface area contributed by atoms with Gasteiger partial charge in [-0.15, -0.1) is 0 Å². The van der Waals surface area contributed by atoms with E-state index in [1.165, 1.54) is 45.5 Å². The first-order valence-corrected chi connectivity index (χ1v) is 10.5. The summed E-state index contributed by atoms with van der Waals surface area (Å²) in [5, 5.41) is 4.75. The molecule has 0 bridgehead atoms. The third-order valence-electron chi connectivity index (χ3n) is 6.70. The number of fused-ring (bicyclic) bond motifs is 6. The van der Waals surface area contributed by atoms with Crippen molar-refractivity contribution in [2.24, 2.45) is 0 Å². The minimum atomic E-state index is 0.543. The lowest BCUT2D eigenvalue weighted by Gasteiger charge is -2.27. The Morgan fingerprint density at radius 1 is 0.828 bits per heavy atom. The third-order valence-corrected chi connectivity index (χ3v) is 6.70. The smallest absolute Gasteiger partial charge is 0.139 e. The number of nitrogens with zero attached hydrogens (tertiary/aromatic N) is 1. The molecule has 142 valence electrons. The molecule has 0 aliphatic heterocycles. The number of benzene rings is 3. The van der Waals surface area contributed by atoms with Gasteiger partial charge in [-0.2, -0.15) is 0 Å². The summed E-state index contributed by atoms with van der Waals surface area (Å²) in [7, 11) is 0. The van der Waals surface area contributed by atoms with Crippen LogP contribution in [0.3, 0.4) is 0 Å². The van der Waals surface area contributed by atoms with Crippen molar-refractivity contribution in [2.75, 3.05) is 0 Å². The fourth-order valence-corrected chi connectivity index (χ4v) is 5.11. The Balaban J connectivity index is 1.69. The van der Waals surface area contributed by atoms with Crippen LogP contribution in [0.15, 0.2) is 71.3 Å². The monoisotopic (exact) mass is 377 g/mol. The molecular weight excluding hydrogens is 354 g/mol. The summed E-state index contributed by atoms with van der Waals surface area (Å²) in [5.41, 5.74) is 7.11. The summed E-state index contributed by atoms with van der Waals surface area (Å²) in [6.45, 7) is 4.68. The van der Waals surface area contributed by atoms with Gasteiger partial charge in [-0.3, -0.25) is 4.98 Å². The second-order valence-corrected chi connectivity index (χ2v) is 8.52. The van der Waals surface area contributed by atoms with Crippen molar-refractivity contribution in [3.63, 3.8) is 0 Å². The molecule has 29 heavy (non-hydrogen) atoms. The first kappa shape index (κ1) is 16.8. The molecule has 2 unspecified atom stereocenters. The van der Waals surface area contributed by atoms with Gasteiger partial charge in [0.2, 0.25) is 0 Å². The van der Waals surface area contributed by atoms with Crippen molar-refractivity contribution in [3.8, 4) is 11.3 Å². The fraction of sp³-hybridized carbons (Fsp3) is 0.222. The topological polar surface area (TPSA) is 26.0 Å². The lowest BCUT2D eigenvalue weighted by molar-refractivity contribution is 0.521. The Kier molecular flexibility index (Phi) is 3.58. The van der Waals surface area contributed by atoms with Crippen LogP contribution in [0.5, 0.6) is 0 Å². The summed E-state index contributed by atoms with van der Waals surface area (Å²) in [5.74, 6) is 1.15. The molecule has 0 saturated heterocycles. The molecule has 5 aromatic rings. The van der Waals surface area contributed by atoms with Crippen molar-refractivity contribution in [2.45, 2.75) is 38.5 Å². The van der Waals surface area contributed by atoms with Gasteiger partial charge in [-0.25, -0.2) is 0 Å². The second kappa shape index (κ2) is 6.18. The Labute approximate surface area is 170 Å². The van der Waals surface area contributed by atoms with Gasteiger partial charge in [0.25, 0.3) is 0 Å². The maximum absolute atomic E-state index is 6.50. The molecule has 1 aliphatic rings. The van der Waals surface area contributed by atoms with Crippen molar-refractivity contribution in [1.29, 1.82) is 0 Å². The van der Waals surface area contributed by atoms with Crippen LogP contribution in [-0.2, 0) is 0 Å². The quantitative estimate of drug-likeness (QED) is 0.298. The summed E-state index contributed by atoms with van der Waals surface area (Å²) in [6.07, 6.45) is 4.38. The Hall–Kier alpha value is -3.13. The average molecular weight is 377 g/mol. The van der Waals surface area contributed by atoms with Gasteiger partial charge < -0.3 is 4.42 Å². The van der Waals surface area contributed by atoms with E-state index >= 15 is 0 Å². The molecule has 0 spiro atoms. The number of hydrogen-bond acceptors (Lipinski definition) is 2. The SMILES string of the molecule is CC1CCC(C)c2c1ccc1c2oc2cc3ccnc(-c4ccccc4)c3cc21. The molecule has 6 rings (SSSR count). The zero-order valence-corrected chi connectivity index (χ0v) is 16.8. The van der Waals surface area contributed by atoms with Crippen LogP contribution in [-0.4, -0.2) is 4.98 Å². The van der Waals surface area contributed by atoms with Crippen LogP contribution >= 0.6 is 0 Å². The van der Waals surface area contributed by atoms with E-state index < -0.39 is 0 Å². The van der Waals surface area contributed by atoms with E-state index in [1.807, 2.05) is 12.3 Å². The van der Waals surface area contributed by atoms with Crippen LogP contribution in [0.25, 0.3) is 44.0 Å². The second-order valence-electron chi connectivity index (χ2n) is 8.52. The molecule has 0 N–H and O–H groups in total. The summed E-state index contributed by atoms with van der Waals surface area (Å²) in [6, 6.07) is 21.6. The minimum Gasteiger partial charge on any atom is -0.456 e. The molecule has 2 atom stereocenters. The number of aromatic nitrogens is 1. The van der Waals surface area contributed by atoms with Gasteiger partial charge in [-0.05, 0) is 53.8 Å². The van der Waals surface area contributed by atoms with E-state index in [9.17, 15) is 0 Å². The highest BCUT2D eigenvalue weighted by molar-refractivity contribution is 6.13. The molecule has 1 aliphatic carbocycles. The molecule has 0 saturated carbocycles. The predicted molar refractivity (Wildman–Crippen MR) is 121 cm³/mol. The number of rotatable bonds is 1. The molecule has 0 amide bonds. The van der Waals surface area contributed by atoms with Gasteiger partial charge >= 0.3 is 0 Å². The molecule has 2 nitrogen and oxygen atoms in total. The predicted octanol–water partition coefficient (Wildman–Crippen LogP) is 7.80. The fourth-order valence-electron chi connectivity index (χ4n) is 5.11. The van der Waals surface area contributed by atoms with Gasteiger partial charge in [0.15, 0.2) is 0 Å². The van der Waals surface area contributed by atoms with Crippen molar-refractivity contribution in [1.82, 2.24) is 4.98 Å². The number of furan rings is 1. The number of pyridine rings is 1. The highest BCUT2D eigenvalue weighted by Gasteiger charge is 2.26. The van der Waals surface area contributed by atoms with Crippen LogP contribution in [0.4, 0.5) is 0 Å². The standard InChI is InChI=1S/C27H23NO/c1-16-8-9-17(2)25-20(16)10-11-21-23-15-22-19(14-24(23)29-27(21)25)12-13-28-26(22)18-6-4-3-5-7-18/h3-7,10-17H,8-9H2,1-2H3. The normalized spacial score (nSPS) is 19.1. The molecule has 0 radical (unpaired) electrons.